The van der Waals surface area contributed by atoms with E-state index in [9.17, 15) is 15.0 Å². The Morgan fingerprint density at radius 2 is 2.07 bits per heavy atom. The molecule has 1 aromatic carbocycles. The normalized spacial score (nSPS) is 26.5. The van der Waals surface area contributed by atoms with Crippen molar-refractivity contribution >= 4 is 5.97 Å². The number of hydrogen-bond acceptors (Lipinski definition) is 5. The zero-order chi connectivity index (χ0) is 20.8. The van der Waals surface area contributed by atoms with Gasteiger partial charge in [-0.1, -0.05) is 38.3 Å². The van der Waals surface area contributed by atoms with Crippen LogP contribution in [0.3, 0.4) is 0 Å². The maximum Gasteiger partial charge on any atom is 0.343 e. The molecule has 5 nitrogen and oxygen atoms in total. The van der Waals surface area contributed by atoms with Gasteiger partial charge < -0.3 is 19.7 Å². The molecule has 5 heteroatoms. The second kappa shape index (κ2) is 10.4. The van der Waals surface area contributed by atoms with Gasteiger partial charge in [0.25, 0.3) is 0 Å². The lowest BCUT2D eigenvalue weighted by Gasteiger charge is -2.32. The Labute approximate surface area is 174 Å². The lowest BCUT2D eigenvalue weighted by atomic mass is 9.73. The number of ether oxygens (including phenoxy) is 2. The van der Waals surface area contributed by atoms with Crippen molar-refractivity contribution in [1.29, 1.82) is 0 Å². The van der Waals surface area contributed by atoms with Crippen molar-refractivity contribution in [2.24, 2.45) is 17.8 Å². The van der Waals surface area contributed by atoms with Gasteiger partial charge in [0.05, 0.1) is 19.3 Å². The largest absolute Gasteiger partial charge is 0.482 e. The highest BCUT2D eigenvalue weighted by Gasteiger charge is 2.44. The van der Waals surface area contributed by atoms with E-state index in [1.54, 1.807) is 0 Å². The lowest BCUT2D eigenvalue weighted by Crippen LogP contribution is -2.28. The summed E-state index contributed by atoms with van der Waals surface area (Å²) in [6.45, 7) is 2.09. The highest BCUT2D eigenvalue weighted by molar-refractivity contribution is 5.71. The van der Waals surface area contributed by atoms with Crippen LogP contribution in [0.1, 0.15) is 63.0 Å². The van der Waals surface area contributed by atoms with Gasteiger partial charge in [-0.2, -0.15) is 0 Å². The number of methoxy groups -OCH3 is 1. The molecule has 0 aliphatic heterocycles. The molecule has 0 bridgehead atoms. The molecular formula is C24H36O5. The molecule has 0 heterocycles. The number of aliphatic hydroxyl groups is 2. The summed E-state index contributed by atoms with van der Waals surface area (Å²) in [4.78, 5) is 11.4. The van der Waals surface area contributed by atoms with E-state index >= 15 is 0 Å². The number of esters is 1. The van der Waals surface area contributed by atoms with Crippen LogP contribution >= 0.6 is 0 Å². The van der Waals surface area contributed by atoms with E-state index in [0.717, 1.165) is 50.7 Å². The molecule has 2 N–H and O–H groups in total. The second-order valence-corrected chi connectivity index (χ2v) is 8.78. The van der Waals surface area contributed by atoms with E-state index in [2.05, 4.69) is 17.7 Å². The summed E-state index contributed by atoms with van der Waals surface area (Å²) < 4.78 is 10.4. The van der Waals surface area contributed by atoms with Gasteiger partial charge in [0.1, 0.15) is 5.75 Å². The van der Waals surface area contributed by atoms with E-state index in [4.69, 9.17) is 4.74 Å². The average molecular weight is 405 g/mol. The third kappa shape index (κ3) is 5.52. The molecule has 0 amide bonds. The third-order valence-electron chi connectivity index (χ3n) is 6.89. The minimum Gasteiger partial charge on any atom is -0.482 e. The SMILES string of the molecule is CCCCC[C@H](O)CCC1C(O)CC2Cc3c(cccc3OCC(=O)OC)CC21. The molecule has 1 fully saturated rings. The summed E-state index contributed by atoms with van der Waals surface area (Å²) in [5, 5.41) is 21.0. The van der Waals surface area contributed by atoms with Crippen molar-refractivity contribution in [2.45, 2.75) is 76.9 Å². The number of fused-ring (bicyclic) bond motifs is 2. The van der Waals surface area contributed by atoms with Gasteiger partial charge in [-0.15, -0.1) is 0 Å². The van der Waals surface area contributed by atoms with Crippen LogP contribution in [0.25, 0.3) is 0 Å². The molecule has 1 aromatic rings. The van der Waals surface area contributed by atoms with Crippen molar-refractivity contribution in [3.63, 3.8) is 0 Å². The predicted molar refractivity (Wildman–Crippen MR) is 112 cm³/mol. The van der Waals surface area contributed by atoms with Gasteiger partial charge in [-0.25, -0.2) is 4.79 Å². The molecule has 0 radical (unpaired) electrons. The minimum atomic E-state index is -0.384. The van der Waals surface area contributed by atoms with Crippen molar-refractivity contribution in [1.82, 2.24) is 0 Å². The van der Waals surface area contributed by atoms with Crippen LogP contribution in [0.15, 0.2) is 18.2 Å². The Balaban J connectivity index is 1.62. The van der Waals surface area contributed by atoms with Crippen LogP contribution in [0.4, 0.5) is 0 Å². The van der Waals surface area contributed by atoms with Crippen LogP contribution in [-0.2, 0) is 22.4 Å². The molecule has 1 saturated carbocycles. The van der Waals surface area contributed by atoms with Crippen LogP contribution in [0, 0.1) is 17.8 Å². The van der Waals surface area contributed by atoms with Crippen LogP contribution in [0.2, 0.25) is 0 Å². The Morgan fingerprint density at radius 3 is 2.83 bits per heavy atom. The summed E-state index contributed by atoms with van der Waals surface area (Å²) in [5.41, 5.74) is 2.43. The number of carbonyl (C=O) groups excluding carboxylic acids is 1. The first-order valence-corrected chi connectivity index (χ1v) is 11.2. The maximum absolute atomic E-state index is 11.4. The topological polar surface area (TPSA) is 76.0 Å². The van der Waals surface area contributed by atoms with Crippen LogP contribution < -0.4 is 4.74 Å². The third-order valence-corrected chi connectivity index (χ3v) is 6.89. The van der Waals surface area contributed by atoms with Gasteiger partial charge in [-0.05, 0) is 73.5 Å². The van der Waals surface area contributed by atoms with Crippen molar-refractivity contribution < 1.29 is 24.5 Å². The minimum absolute atomic E-state index is 0.0811. The van der Waals surface area contributed by atoms with Crippen LogP contribution in [-0.4, -0.2) is 42.1 Å². The number of benzene rings is 1. The molecular weight excluding hydrogens is 368 g/mol. The van der Waals surface area contributed by atoms with Crippen molar-refractivity contribution in [2.75, 3.05) is 13.7 Å². The molecule has 3 rings (SSSR count). The monoisotopic (exact) mass is 404 g/mol. The van der Waals surface area contributed by atoms with Crippen molar-refractivity contribution in [3.05, 3.63) is 29.3 Å². The summed E-state index contributed by atoms with van der Waals surface area (Å²) in [6.07, 6.45) is 8.05. The second-order valence-electron chi connectivity index (χ2n) is 8.78. The lowest BCUT2D eigenvalue weighted by molar-refractivity contribution is -0.142. The molecule has 2 aliphatic rings. The van der Waals surface area contributed by atoms with Gasteiger partial charge in [-0.3, -0.25) is 0 Å². The first-order valence-electron chi connectivity index (χ1n) is 11.2. The summed E-state index contributed by atoms with van der Waals surface area (Å²) in [6, 6.07) is 6.03. The van der Waals surface area contributed by atoms with E-state index in [1.807, 2.05) is 12.1 Å². The summed E-state index contributed by atoms with van der Waals surface area (Å²) >= 11 is 0. The highest BCUT2D eigenvalue weighted by Crippen LogP contribution is 2.48. The molecule has 0 saturated heterocycles. The number of aliphatic hydroxyl groups excluding tert-OH is 2. The number of hydrogen-bond donors (Lipinski definition) is 2. The van der Waals surface area contributed by atoms with Gasteiger partial charge in [0.15, 0.2) is 6.61 Å². The smallest absolute Gasteiger partial charge is 0.343 e. The summed E-state index contributed by atoms with van der Waals surface area (Å²) in [5.74, 6) is 1.52. The van der Waals surface area contributed by atoms with E-state index in [-0.39, 0.29) is 30.7 Å². The molecule has 5 atom stereocenters. The fourth-order valence-corrected chi connectivity index (χ4v) is 5.29. The Kier molecular flexibility index (Phi) is 7.96. The average Bonchev–Trinajstić information content (AvgIpc) is 3.02. The van der Waals surface area contributed by atoms with E-state index in [0.29, 0.717) is 11.8 Å². The zero-order valence-electron chi connectivity index (χ0n) is 17.8. The Bertz CT molecular complexity index is 673. The highest BCUT2D eigenvalue weighted by atomic mass is 16.6. The van der Waals surface area contributed by atoms with Crippen LogP contribution in [0.5, 0.6) is 5.75 Å². The molecule has 2 aliphatic carbocycles. The quantitative estimate of drug-likeness (QED) is 0.460. The Morgan fingerprint density at radius 1 is 1.24 bits per heavy atom. The number of unbranched alkanes of at least 4 members (excludes halogenated alkanes) is 2. The fourth-order valence-electron chi connectivity index (χ4n) is 5.29. The molecule has 0 aromatic heterocycles. The Hall–Kier alpha value is -1.59. The number of carbonyl (C=O) groups is 1. The van der Waals surface area contributed by atoms with E-state index in [1.165, 1.54) is 31.1 Å². The van der Waals surface area contributed by atoms with Gasteiger partial charge >= 0.3 is 5.97 Å². The van der Waals surface area contributed by atoms with E-state index < -0.39 is 0 Å². The molecule has 0 spiro atoms. The van der Waals surface area contributed by atoms with Crippen molar-refractivity contribution in [3.8, 4) is 5.75 Å². The first kappa shape index (κ1) is 22.1. The fraction of sp³-hybridized carbons (Fsp3) is 0.708. The predicted octanol–water partition coefficient (Wildman–Crippen LogP) is 3.67. The van der Waals surface area contributed by atoms with Gasteiger partial charge in [0.2, 0.25) is 0 Å². The molecule has 162 valence electrons. The van der Waals surface area contributed by atoms with Gasteiger partial charge in [0, 0.05) is 0 Å². The summed E-state index contributed by atoms with van der Waals surface area (Å²) in [7, 11) is 1.36. The molecule has 29 heavy (non-hydrogen) atoms. The first-order chi connectivity index (χ1) is 14.0. The molecule has 4 unspecified atom stereocenters. The maximum atomic E-state index is 11.4. The standard InChI is InChI=1S/C24H36O5/c1-3-4-5-8-18(25)10-11-19-20-12-16-7-6-9-23(29-15-24(27)28-2)21(16)13-17(20)14-22(19)26/h6-7,9,17-20,22,25-26H,3-5,8,10-15H2,1-2H3/t17?,18-,19?,20?,22?/m0/s1. The number of rotatable bonds is 10. The zero-order valence-corrected chi connectivity index (χ0v) is 17.8.